The highest BCUT2D eigenvalue weighted by Crippen LogP contribution is 2.20. The molecule has 1 heterocycles. The Bertz CT molecular complexity index is 601. The predicted octanol–water partition coefficient (Wildman–Crippen LogP) is 3.43. The third-order valence-electron chi connectivity index (χ3n) is 2.45. The Balaban J connectivity index is 2.22. The molecule has 5 heteroatoms. The summed E-state index contributed by atoms with van der Waals surface area (Å²) in [6, 6.07) is 5.86. The van der Waals surface area contributed by atoms with E-state index in [1.165, 1.54) is 18.5 Å². The van der Waals surface area contributed by atoms with Crippen LogP contribution in [0.3, 0.4) is 0 Å². The van der Waals surface area contributed by atoms with Gasteiger partial charge < -0.3 is 5.32 Å². The maximum atomic E-state index is 13.3. The third-order valence-corrected chi connectivity index (χ3v) is 2.78. The van der Waals surface area contributed by atoms with Crippen molar-refractivity contribution in [2.75, 3.05) is 5.32 Å². The summed E-state index contributed by atoms with van der Waals surface area (Å²) in [6.45, 7) is 1.63. The topological polar surface area (TPSA) is 42.0 Å². The van der Waals surface area contributed by atoms with Crippen LogP contribution in [-0.2, 0) is 0 Å². The maximum absolute atomic E-state index is 13.3. The molecule has 2 aromatic rings. The van der Waals surface area contributed by atoms with Crippen LogP contribution in [0, 0.1) is 12.7 Å². The van der Waals surface area contributed by atoms with Gasteiger partial charge in [0.1, 0.15) is 5.82 Å². The van der Waals surface area contributed by atoms with Crippen molar-refractivity contribution in [1.29, 1.82) is 0 Å². The van der Waals surface area contributed by atoms with E-state index in [2.05, 4.69) is 10.3 Å². The van der Waals surface area contributed by atoms with Crippen molar-refractivity contribution in [3.63, 3.8) is 0 Å². The molecule has 0 atom stereocenters. The quantitative estimate of drug-likeness (QED) is 0.903. The smallest absolute Gasteiger partial charge is 0.255 e. The number of carbonyl (C=O) groups is 1. The molecular formula is C13H10ClFN2O. The molecule has 0 aliphatic rings. The Morgan fingerprint density at radius 2 is 2.17 bits per heavy atom. The molecule has 0 spiro atoms. The Morgan fingerprint density at radius 1 is 1.39 bits per heavy atom. The lowest BCUT2D eigenvalue weighted by Gasteiger charge is -2.07. The molecule has 0 aliphatic carbocycles. The molecule has 0 fully saturated rings. The number of aromatic nitrogens is 1. The second-order valence-electron chi connectivity index (χ2n) is 3.77. The highest BCUT2D eigenvalue weighted by Gasteiger charge is 2.10. The number of hydrogen-bond acceptors (Lipinski definition) is 2. The Hall–Kier alpha value is -1.94. The average molecular weight is 265 g/mol. The molecule has 0 saturated heterocycles. The van der Waals surface area contributed by atoms with Crippen LogP contribution < -0.4 is 5.32 Å². The standard InChI is InChI=1S/C13H10ClFN2O/c1-8-2-3-9(6-11(8)15)13(18)17-12-7-16-5-4-10(12)14/h2-7H,1H3,(H,17,18). The number of pyridine rings is 1. The van der Waals surface area contributed by atoms with Gasteiger partial charge in [0, 0.05) is 11.8 Å². The van der Waals surface area contributed by atoms with Gasteiger partial charge >= 0.3 is 0 Å². The Kier molecular flexibility index (Phi) is 3.58. The SMILES string of the molecule is Cc1ccc(C(=O)Nc2cnccc2Cl)cc1F. The molecule has 0 saturated carbocycles. The average Bonchev–Trinajstić information content (AvgIpc) is 2.35. The first-order valence-electron chi connectivity index (χ1n) is 5.25. The number of hydrogen-bond donors (Lipinski definition) is 1. The zero-order valence-corrected chi connectivity index (χ0v) is 10.3. The largest absolute Gasteiger partial charge is 0.319 e. The van der Waals surface area contributed by atoms with Gasteiger partial charge in [-0.3, -0.25) is 9.78 Å². The second-order valence-corrected chi connectivity index (χ2v) is 4.18. The number of carbonyl (C=O) groups excluding carboxylic acids is 1. The summed E-state index contributed by atoms with van der Waals surface area (Å²) in [5, 5.41) is 2.95. The van der Waals surface area contributed by atoms with Crippen molar-refractivity contribution in [3.05, 3.63) is 58.6 Å². The molecule has 1 aromatic heterocycles. The molecule has 0 unspecified atom stereocenters. The number of amides is 1. The van der Waals surface area contributed by atoms with E-state index in [9.17, 15) is 9.18 Å². The van der Waals surface area contributed by atoms with Gasteiger partial charge in [0.2, 0.25) is 0 Å². The summed E-state index contributed by atoms with van der Waals surface area (Å²) >= 11 is 5.88. The lowest BCUT2D eigenvalue weighted by molar-refractivity contribution is 0.102. The summed E-state index contributed by atoms with van der Waals surface area (Å²) in [5.41, 5.74) is 1.12. The fourth-order valence-corrected chi connectivity index (χ4v) is 1.55. The number of halogens is 2. The van der Waals surface area contributed by atoms with Crippen LogP contribution in [0.5, 0.6) is 0 Å². The molecule has 1 amide bonds. The minimum atomic E-state index is -0.427. The molecule has 0 aliphatic heterocycles. The first kappa shape index (κ1) is 12.5. The minimum Gasteiger partial charge on any atom is -0.319 e. The summed E-state index contributed by atoms with van der Waals surface area (Å²) in [4.78, 5) is 15.7. The van der Waals surface area contributed by atoms with Gasteiger partial charge in [-0.25, -0.2) is 4.39 Å². The van der Waals surface area contributed by atoms with Crippen LogP contribution in [0.2, 0.25) is 5.02 Å². The number of nitrogens with one attached hydrogen (secondary N) is 1. The van der Waals surface area contributed by atoms with Crippen LogP contribution in [0.4, 0.5) is 10.1 Å². The second kappa shape index (κ2) is 5.14. The van der Waals surface area contributed by atoms with Gasteiger partial charge in [0.25, 0.3) is 5.91 Å². The van der Waals surface area contributed by atoms with Gasteiger partial charge in [-0.1, -0.05) is 17.7 Å². The van der Waals surface area contributed by atoms with E-state index in [0.717, 1.165) is 0 Å². The van der Waals surface area contributed by atoms with Crippen molar-refractivity contribution in [2.24, 2.45) is 0 Å². The summed E-state index contributed by atoms with van der Waals surface area (Å²) in [5.74, 6) is -0.844. The predicted molar refractivity (Wildman–Crippen MR) is 68.3 cm³/mol. The summed E-state index contributed by atoms with van der Waals surface area (Å²) < 4.78 is 13.3. The van der Waals surface area contributed by atoms with Crippen molar-refractivity contribution in [1.82, 2.24) is 4.98 Å². The van der Waals surface area contributed by atoms with E-state index >= 15 is 0 Å². The molecule has 2 rings (SSSR count). The van der Waals surface area contributed by atoms with Crippen molar-refractivity contribution in [3.8, 4) is 0 Å². The molecule has 0 radical (unpaired) electrons. The van der Waals surface area contributed by atoms with Gasteiger partial charge in [0.15, 0.2) is 0 Å². The normalized spacial score (nSPS) is 10.2. The zero-order valence-electron chi connectivity index (χ0n) is 9.58. The van der Waals surface area contributed by atoms with E-state index in [4.69, 9.17) is 11.6 Å². The van der Waals surface area contributed by atoms with Crippen LogP contribution in [0.1, 0.15) is 15.9 Å². The fraction of sp³-hybridized carbons (Fsp3) is 0.0769. The summed E-state index contributed by atoms with van der Waals surface area (Å²) in [7, 11) is 0. The molecule has 3 nitrogen and oxygen atoms in total. The maximum Gasteiger partial charge on any atom is 0.255 e. The third kappa shape index (κ3) is 2.65. The molecule has 0 bridgehead atoms. The number of aryl methyl sites for hydroxylation is 1. The van der Waals surface area contributed by atoms with Crippen LogP contribution in [0.15, 0.2) is 36.7 Å². The van der Waals surface area contributed by atoms with Crippen molar-refractivity contribution < 1.29 is 9.18 Å². The minimum absolute atomic E-state index is 0.234. The van der Waals surface area contributed by atoms with Gasteiger partial charge in [0.05, 0.1) is 16.9 Å². The van der Waals surface area contributed by atoms with E-state index < -0.39 is 11.7 Å². The number of benzene rings is 1. The van der Waals surface area contributed by atoms with Gasteiger partial charge in [-0.05, 0) is 30.7 Å². The van der Waals surface area contributed by atoms with Crippen molar-refractivity contribution >= 4 is 23.2 Å². The fourth-order valence-electron chi connectivity index (χ4n) is 1.40. The first-order chi connectivity index (χ1) is 8.58. The number of anilines is 1. The van der Waals surface area contributed by atoms with E-state index in [0.29, 0.717) is 16.3 Å². The summed E-state index contributed by atoms with van der Waals surface area (Å²) in [6.07, 6.45) is 2.95. The molecular weight excluding hydrogens is 255 g/mol. The number of nitrogens with zero attached hydrogens (tertiary/aromatic N) is 1. The monoisotopic (exact) mass is 264 g/mol. The van der Waals surface area contributed by atoms with Gasteiger partial charge in [-0.2, -0.15) is 0 Å². The van der Waals surface area contributed by atoms with Crippen LogP contribution in [0.25, 0.3) is 0 Å². The highest BCUT2D eigenvalue weighted by molar-refractivity contribution is 6.33. The zero-order chi connectivity index (χ0) is 13.1. The van der Waals surface area contributed by atoms with E-state index in [1.807, 2.05) is 0 Å². The Morgan fingerprint density at radius 3 is 2.83 bits per heavy atom. The molecule has 18 heavy (non-hydrogen) atoms. The highest BCUT2D eigenvalue weighted by atomic mass is 35.5. The molecule has 92 valence electrons. The van der Waals surface area contributed by atoms with Crippen LogP contribution in [-0.4, -0.2) is 10.9 Å². The van der Waals surface area contributed by atoms with Gasteiger partial charge in [-0.15, -0.1) is 0 Å². The van der Waals surface area contributed by atoms with E-state index in [1.54, 1.807) is 25.1 Å². The number of rotatable bonds is 2. The lowest BCUT2D eigenvalue weighted by Crippen LogP contribution is -2.12. The lowest BCUT2D eigenvalue weighted by atomic mass is 10.1. The van der Waals surface area contributed by atoms with Crippen LogP contribution >= 0.6 is 11.6 Å². The molecule has 1 aromatic carbocycles. The van der Waals surface area contributed by atoms with Crippen molar-refractivity contribution in [2.45, 2.75) is 6.92 Å². The Labute approximate surface area is 109 Å². The van der Waals surface area contributed by atoms with E-state index in [-0.39, 0.29) is 5.56 Å². The molecule has 1 N–H and O–H groups in total. The first-order valence-corrected chi connectivity index (χ1v) is 5.63.